The Labute approximate surface area is 97.8 Å². The molecular weight excluding hydrogens is 196 g/mol. The first kappa shape index (κ1) is 11.3. The van der Waals surface area contributed by atoms with Gasteiger partial charge in [-0.15, -0.1) is 6.58 Å². The van der Waals surface area contributed by atoms with Crippen molar-refractivity contribution < 1.29 is 5.11 Å². The smallest absolute Gasteiger partial charge is 0.119 e. The fraction of sp³-hybridized carbons (Fsp3) is 0.467. The van der Waals surface area contributed by atoms with Crippen LogP contribution in [0.4, 0.5) is 0 Å². The molecule has 1 aliphatic carbocycles. The standard InChI is InChI=1S/C15H20O/c1-2-7-14-13(10-6-11-15(14)16)12-8-4-3-5-9-12/h2,6,10-12,16H,1,3-5,7-9H2. The third-order valence-electron chi connectivity index (χ3n) is 3.58. The lowest BCUT2D eigenvalue weighted by atomic mass is 9.81. The van der Waals surface area contributed by atoms with Crippen LogP contribution in [0.5, 0.6) is 5.75 Å². The number of hydrogen-bond acceptors (Lipinski definition) is 1. The third-order valence-corrected chi connectivity index (χ3v) is 3.58. The Balaban J connectivity index is 2.30. The molecule has 1 heteroatoms. The molecule has 0 atom stereocenters. The van der Waals surface area contributed by atoms with Crippen LogP contribution in [0.25, 0.3) is 0 Å². The van der Waals surface area contributed by atoms with Crippen LogP contribution in [0.15, 0.2) is 30.9 Å². The molecule has 86 valence electrons. The Bertz CT molecular complexity index is 362. The van der Waals surface area contributed by atoms with Crippen LogP contribution in [0.3, 0.4) is 0 Å². The molecule has 1 nitrogen and oxygen atoms in total. The van der Waals surface area contributed by atoms with E-state index in [0.717, 1.165) is 12.0 Å². The van der Waals surface area contributed by atoms with Crippen LogP contribution in [-0.2, 0) is 6.42 Å². The Morgan fingerprint density at radius 3 is 2.69 bits per heavy atom. The van der Waals surface area contributed by atoms with E-state index in [9.17, 15) is 5.11 Å². The number of benzene rings is 1. The predicted molar refractivity (Wildman–Crippen MR) is 67.8 cm³/mol. The second kappa shape index (κ2) is 5.20. The third kappa shape index (κ3) is 2.29. The van der Waals surface area contributed by atoms with Crippen molar-refractivity contribution in [1.82, 2.24) is 0 Å². The van der Waals surface area contributed by atoms with Crippen molar-refractivity contribution >= 4 is 0 Å². The van der Waals surface area contributed by atoms with E-state index in [-0.39, 0.29) is 0 Å². The highest BCUT2D eigenvalue weighted by Crippen LogP contribution is 2.37. The van der Waals surface area contributed by atoms with E-state index in [1.54, 1.807) is 6.07 Å². The summed E-state index contributed by atoms with van der Waals surface area (Å²) in [4.78, 5) is 0. The van der Waals surface area contributed by atoms with Gasteiger partial charge in [-0.3, -0.25) is 0 Å². The molecule has 0 spiro atoms. The Morgan fingerprint density at radius 2 is 2.00 bits per heavy atom. The summed E-state index contributed by atoms with van der Waals surface area (Å²) in [7, 11) is 0. The summed E-state index contributed by atoms with van der Waals surface area (Å²) >= 11 is 0. The highest BCUT2D eigenvalue weighted by atomic mass is 16.3. The van der Waals surface area contributed by atoms with Gasteiger partial charge in [0.05, 0.1) is 0 Å². The number of allylic oxidation sites excluding steroid dienone is 1. The minimum Gasteiger partial charge on any atom is -0.508 e. The molecule has 0 heterocycles. The van der Waals surface area contributed by atoms with Gasteiger partial charge in [0.1, 0.15) is 5.75 Å². The summed E-state index contributed by atoms with van der Waals surface area (Å²) in [5.74, 6) is 1.08. The fourth-order valence-electron chi connectivity index (χ4n) is 2.75. The van der Waals surface area contributed by atoms with Gasteiger partial charge in [0.25, 0.3) is 0 Å². The maximum atomic E-state index is 9.91. The summed E-state index contributed by atoms with van der Waals surface area (Å²) < 4.78 is 0. The molecule has 1 N–H and O–H groups in total. The van der Waals surface area contributed by atoms with Gasteiger partial charge < -0.3 is 5.11 Å². The second-order valence-corrected chi connectivity index (χ2v) is 4.67. The average Bonchev–Trinajstić information content (AvgIpc) is 2.33. The quantitative estimate of drug-likeness (QED) is 0.752. The summed E-state index contributed by atoms with van der Waals surface area (Å²) in [6, 6.07) is 5.92. The molecule has 0 unspecified atom stereocenters. The number of aromatic hydroxyl groups is 1. The van der Waals surface area contributed by atoms with E-state index in [4.69, 9.17) is 0 Å². The second-order valence-electron chi connectivity index (χ2n) is 4.67. The van der Waals surface area contributed by atoms with Crippen molar-refractivity contribution in [3.05, 3.63) is 42.0 Å². The Kier molecular flexibility index (Phi) is 3.66. The normalized spacial score (nSPS) is 17.2. The Hall–Kier alpha value is -1.24. The van der Waals surface area contributed by atoms with Crippen molar-refractivity contribution in [2.75, 3.05) is 0 Å². The van der Waals surface area contributed by atoms with Crippen LogP contribution in [0.1, 0.15) is 49.1 Å². The lowest BCUT2D eigenvalue weighted by Crippen LogP contribution is -2.07. The van der Waals surface area contributed by atoms with Gasteiger partial charge >= 0.3 is 0 Å². The molecule has 0 aliphatic heterocycles. The first-order valence-corrected chi connectivity index (χ1v) is 6.24. The largest absolute Gasteiger partial charge is 0.508 e. The number of hydrogen-bond donors (Lipinski definition) is 1. The van der Waals surface area contributed by atoms with E-state index in [0.29, 0.717) is 11.7 Å². The van der Waals surface area contributed by atoms with Crippen LogP contribution < -0.4 is 0 Å². The first-order valence-electron chi connectivity index (χ1n) is 6.24. The van der Waals surface area contributed by atoms with Crippen LogP contribution in [-0.4, -0.2) is 5.11 Å². The Morgan fingerprint density at radius 1 is 1.25 bits per heavy atom. The maximum absolute atomic E-state index is 9.91. The topological polar surface area (TPSA) is 20.2 Å². The van der Waals surface area contributed by atoms with Crippen molar-refractivity contribution in [3.8, 4) is 5.75 Å². The average molecular weight is 216 g/mol. The van der Waals surface area contributed by atoms with Gasteiger partial charge in [-0.2, -0.15) is 0 Å². The van der Waals surface area contributed by atoms with Gasteiger partial charge in [0.15, 0.2) is 0 Å². The maximum Gasteiger partial charge on any atom is 0.119 e. The van der Waals surface area contributed by atoms with Crippen molar-refractivity contribution in [2.45, 2.75) is 44.4 Å². The number of phenols is 1. The van der Waals surface area contributed by atoms with Crippen LogP contribution in [0.2, 0.25) is 0 Å². The molecule has 1 aromatic carbocycles. The zero-order chi connectivity index (χ0) is 11.4. The highest BCUT2D eigenvalue weighted by molar-refractivity contribution is 5.42. The highest BCUT2D eigenvalue weighted by Gasteiger charge is 2.19. The van der Waals surface area contributed by atoms with Crippen molar-refractivity contribution in [3.63, 3.8) is 0 Å². The zero-order valence-electron chi connectivity index (χ0n) is 9.78. The fourth-order valence-corrected chi connectivity index (χ4v) is 2.75. The van der Waals surface area contributed by atoms with Gasteiger partial charge in [0.2, 0.25) is 0 Å². The monoisotopic (exact) mass is 216 g/mol. The molecule has 1 fully saturated rings. The molecule has 2 rings (SSSR count). The zero-order valence-corrected chi connectivity index (χ0v) is 9.78. The van der Waals surface area contributed by atoms with E-state index in [1.165, 1.54) is 37.7 Å². The van der Waals surface area contributed by atoms with E-state index in [1.807, 2.05) is 12.1 Å². The van der Waals surface area contributed by atoms with Crippen molar-refractivity contribution in [1.29, 1.82) is 0 Å². The molecule has 1 saturated carbocycles. The van der Waals surface area contributed by atoms with Crippen molar-refractivity contribution in [2.24, 2.45) is 0 Å². The first-order chi connectivity index (χ1) is 7.83. The van der Waals surface area contributed by atoms with Gasteiger partial charge in [-0.25, -0.2) is 0 Å². The van der Waals surface area contributed by atoms with E-state index in [2.05, 4.69) is 12.6 Å². The molecular formula is C15H20O. The lowest BCUT2D eigenvalue weighted by molar-refractivity contribution is 0.434. The summed E-state index contributed by atoms with van der Waals surface area (Å²) in [5.41, 5.74) is 2.43. The SMILES string of the molecule is C=CCc1c(O)cccc1C1CCCCC1. The van der Waals surface area contributed by atoms with Gasteiger partial charge in [-0.05, 0) is 36.8 Å². The molecule has 0 amide bonds. The van der Waals surface area contributed by atoms with Crippen LogP contribution >= 0.6 is 0 Å². The summed E-state index contributed by atoms with van der Waals surface area (Å²) in [6.45, 7) is 3.77. The number of rotatable bonds is 3. The molecule has 0 radical (unpaired) electrons. The number of phenolic OH excluding ortho intramolecular Hbond substituents is 1. The molecule has 0 bridgehead atoms. The summed E-state index contributed by atoms with van der Waals surface area (Å²) in [5, 5.41) is 9.91. The minimum absolute atomic E-state index is 0.433. The molecule has 16 heavy (non-hydrogen) atoms. The summed E-state index contributed by atoms with van der Waals surface area (Å²) in [6.07, 6.45) is 9.22. The van der Waals surface area contributed by atoms with E-state index < -0.39 is 0 Å². The minimum atomic E-state index is 0.433. The molecule has 0 saturated heterocycles. The molecule has 1 aliphatic rings. The van der Waals surface area contributed by atoms with E-state index >= 15 is 0 Å². The van der Waals surface area contributed by atoms with Crippen LogP contribution in [0, 0.1) is 0 Å². The van der Waals surface area contributed by atoms with Gasteiger partial charge in [-0.1, -0.05) is 37.5 Å². The van der Waals surface area contributed by atoms with Gasteiger partial charge in [0, 0.05) is 5.56 Å². The predicted octanol–water partition coefficient (Wildman–Crippen LogP) is 4.17. The molecule has 0 aromatic heterocycles. The molecule has 1 aromatic rings. The lowest BCUT2D eigenvalue weighted by Gasteiger charge is -2.24.